The summed E-state index contributed by atoms with van der Waals surface area (Å²) in [4.78, 5) is 2.88. The molecule has 4 rings (SSSR count). The fourth-order valence-electron chi connectivity index (χ4n) is 4.97. The molecule has 0 radical (unpaired) electrons. The van der Waals surface area contributed by atoms with E-state index in [9.17, 15) is 0 Å². The average molecular weight is 305 g/mol. The first kappa shape index (κ1) is 14.2. The molecule has 0 atom stereocenters. The average Bonchev–Trinajstić information content (AvgIpc) is 3.17. The zero-order valence-corrected chi connectivity index (χ0v) is 13.9. The third-order valence-electron chi connectivity index (χ3n) is 6.26. The number of hydrogen-bond acceptors (Lipinski definition) is 3. The van der Waals surface area contributed by atoms with Crippen LogP contribution in [-0.2, 0) is 6.54 Å². The highest BCUT2D eigenvalue weighted by molar-refractivity contribution is 7.07. The van der Waals surface area contributed by atoms with Crippen LogP contribution in [-0.4, -0.2) is 29.1 Å². The summed E-state index contributed by atoms with van der Waals surface area (Å²) in [5.41, 5.74) is 2.42. The Hall–Kier alpha value is -0.380. The molecule has 1 N–H and O–H groups in total. The molecule has 3 heteroatoms. The number of thiophene rings is 1. The van der Waals surface area contributed by atoms with Gasteiger partial charge >= 0.3 is 0 Å². The number of piperazine rings is 1. The molecule has 2 aliphatic carbocycles. The van der Waals surface area contributed by atoms with Crippen molar-refractivity contribution in [3.63, 3.8) is 0 Å². The van der Waals surface area contributed by atoms with Gasteiger partial charge in [-0.25, -0.2) is 0 Å². The first-order chi connectivity index (χ1) is 10.3. The van der Waals surface area contributed by atoms with Crippen LogP contribution in [0.25, 0.3) is 0 Å². The molecule has 1 aromatic rings. The number of nitrogens with one attached hydrogen (secondary N) is 1. The van der Waals surface area contributed by atoms with Gasteiger partial charge in [-0.2, -0.15) is 11.3 Å². The second-order valence-electron chi connectivity index (χ2n) is 7.61. The Morgan fingerprint density at radius 2 is 1.81 bits per heavy atom. The molecule has 2 heterocycles. The quantitative estimate of drug-likeness (QED) is 0.882. The van der Waals surface area contributed by atoms with E-state index in [1.807, 2.05) is 11.3 Å². The molecule has 0 amide bonds. The highest BCUT2D eigenvalue weighted by Crippen LogP contribution is 2.42. The van der Waals surface area contributed by atoms with Gasteiger partial charge in [-0.15, -0.1) is 0 Å². The van der Waals surface area contributed by atoms with E-state index < -0.39 is 0 Å². The zero-order valence-electron chi connectivity index (χ0n) is 13.1. The van der Waals surface area contributed by atoms with Crippen molar-refractivity contribution in [1.82, 2.24) is 10.2 Å². The molecule has 0 bridgehead atoms. The molecule has 116 valence electrons. The minimum atomic E-state index is 0.443. The lowest BCUT2D eigenvalue weighted by atomic mass is 9.76. The topological polar surface area (TPSA) is 15.3 Å². The van der Waals surface area contributed by atoms with Gasteiger partial charge in [0.25, 0.3) is 0 Å². The largest absolute Gasteiger partial charge is 0.308 e. The van der Waals surface area contributed by atoms with Gasteiger partial charge in [-0.1, -0.05) is 32.1 Å². The van der Waals surface area contributed by atoms with Gasteiger partial charge in [-0.05, 0) is 48.1 Å². The van der Waals surface area contributed by atoms with Gasteiger partial charge in [0.05, 0.1) is 0 Å². The summed E-state index contributed by atoms with van der Waals surface area (Å²) in [7, 11) is 0. The minimum Gasteiger partial charge on any atom is -0.308 e. The van der Waals surface area contributed by atoms with Crippen LogP contribution in [0, 0.1) is 0 Å². The second-order valence-corrected chi connectivity index (χ2v) is 8.39. The second kappa shape index (κ2) is 5.68. The molecule has 3 fully saturated rings. The Morgan fingerprint density at radius 1 is 1.05 bits per heavy atom. The highest BCUT2D eigenvalue weighted by atomic mass is 32.1. The molecule has 1 aromatic heterocycles. The number of hydrogen-bond donors (Lipinski definition) is 1. The summed E-state index contributed by atoms with van der Waals surface area (Å²) in [6.45, 7) is 3.69. The minimum absolute atomic E-state index is 0.443. The van der Waals surface area contributed by atoms with Crippen molar-refractivity contribution in [1.29, 1.82) is 0 Å². The van der Waals surface area contributed by atoms with Gasteiger partial charge < -0.3 is 5.32 Å². The van der Waals surface area contributed by atoms with E-state index in [1.54, 1.807) is 0 Å². The van der Waals surface area contributed by atoms with Crippen LogP contribution in [0.3, 0.4) is 0 Å². The van der Waals surface area contributed by atoms with Gasteiger partial charge in [0.1, 0.15) is 0 Å². The highest BCUT2D eigenvalue weighted by Gasteiger charge is 2.48. The molecule has 21 heavy (non-hydrogen) atoms. The Morgan fingerprint density at radius 3 is 2.52 bits per heavy atom. The first-order valence-electron chi connectivity index (χ1n) is 8.82. The number of nitrogens with zero attached hydrogens (tertiary/aromatic N) is 1. The molecule has 0 unspecified atom stereocenters. The summed E-state index contributed by atoms with van der Waals surface area (Å²) >= 11 is 1.84. The van der Waals surface area contributed by atoms with E-state index in [0.717, 1.165) is 0 Å². The molecule has 2 saturated carbocycles. The number of rotatable bonds is 2. The normalized spacial score (nSPS) is 28.4. The third-order valence-corrected chi connectivity index (χ3v) is 6.99. The predicted molar refractivity (Wildman–Crippen MR) is 89.7 cm³/mol. The Labute approximate surface area is 132 Å². The predicted octanol–water partition coefficient (Wildman–Crippen LogP) is 4.17. The lowest BCUT2D eigenvalue weighted by molar-refractivity contribution is -0.0237. The lowest BCUT2D eigenvalue weighted by Crippen LogP contribution is -2.69. The van der Waals surface area contributed by atoms with Gasteiger partial charge in [0, 0.05) is 30.7 Å². The summed E-state index contributed by atoms with van der Waals surface area (Å²) in [6.07, 6.45) is 12.7. The summed E-state index contributed by atoms with van der Waals surface area (Å²) in [5, 5.41) is 8.61. The van der Waals surface area contributed by atoms with Crippen molar-refractivity contribution in [2.75, 3.05) is 13.1 Å². The van der Waals surface area contributed by atoms with Crippen LogP contribution >= 0.6 is 11.3 Å². The molecule has 1 saturated heterocycles. The SMILES string of the molecule is c1cc(CN2CC3(CCCC3)NCC23CCCCC3)cs1. The lowest BCUT2D eigenvalue weighted by Gasteiger charge is -2.55. The maximum absolute atomic E-state index is 4.03. The molecule has 2 nitrogen and oxygen atoms in total. The summed E-state index contributed by atoms with van der Waals surface area (Å²) in [5.74, 6) is 0. The molecule has 0 aromatic carbocycles. The molecule has 3 aliphatic rings. The van der Waals surface area contributed by atoms with Crippen molar-refractivity contribution >= 4 is 11.3 Å². The Bertz CT molecular complexity index is 456. The molecular formula is C18H28N2S. The molecular weight excluding hydrogens is 276 g/mol. The molecule has 2 spiro atoms. The van der Waals surface area contributed by atoms with Crippen molar-refractivity contribution in [3.05, 3.63) is 22.4 Å². The van der Waals surface area contributed by atoms with Gasteiger partial charge in [0.15, 0.2) is 0 Å². The van der Waals surface area contributed by atoms with Crippen molar-refractivity contribution in [2.24, 2.45) is 0 Å². The van der Waals surface area contributed by atoms with Crippen LogP contribution in [0.5, 0.6) is 0 Å². The first-order valence-corrected chi connectivity index (χ1v) is 9.76. The Balaban J connectivity index is 1.57. The smallest absolute Gasteiger partial charge is 0.0338 e. The summed E-state index contributed by atoms with van der Waals surface area (Å²) in [6, 6.07) is 2.32. The fourth-order valence-corrected chi connectivity index (χ4v) is 5.63. The van der Waals surface area contributed by atoms with Crippen molar-refractivity contribution in [2.45, 2.75) is 75.4 Å². The standard InChI is InChI=1S/C18H28N2S/c1-2-9-18(10-3-1)14-19-17(7-4-5-8-17)15-20(18)12-16-6-11-21-13-16/h6,11,13,19H,1-5,7-10,12,14-15H2. The van der Waals surface area contributed by atoms with Crippen LogP contribution in [0.2, 0.25) is 0 Å². The van der Waals surface area contributed by atoms with E-state index in [-0.39, 0.29) is 0 Å². The maximum Gasteiger partial charge on any atom is 0.0338 e. The zero-order chi connectivity index (χ0) is 14.2. The van der Waals surface area contributed by atoms with Crippen LogP contribution in [0.1, 0.15) is 63.4 Å². The molecule has 1 aliphatic heterocycles. The van der Waals surface area contributed by atoms with E-state index >= 15 is 0 Å². The summed E-state index contributed by atoms with van der Waals surface area (Å²) < 4.78 is 0. The maximum atomic E-state index is 4.03. The van der Waals surface area contributed by atoms with E-state index in [1.165, 1.54) is 83.0 Å². The third kappa shape index (κ3) is 2.69. The van der Waals surface area contributed by atoms with Crippen LogP contribution in [0.4, 0.5) is 0 Å². The van der Waals surface area contributed by atoms with Gasteiger partial charge in [0.2, 0.25) is 0 Å². The van der Waals surface area contributed by atoms with Crippen molar-refractivity contribution < 1.29 is 0 Å². The Kier molecular flexibility index (Phi) is 3.85. The van der Waals surface area contributed by atoms with E-state index in [2.05, 4.69) is 27.0 Å². The fraction of sp³-hybridized carbons (Fsp3) is 0.778. The van der Waals surface area contributed by atoms with E-state index in [0.29, 0.717) is 11.1 Å². The van der Waals surface area contributed by atoms with Crippen molar-refractivity contribution in [3.8, 4) is 0 Å². The van der Waals surface area contributed by atoms with Gasteiger partial charge in [-0.3, -0.25) is 4.90 Å². The van der Waals surface area contributed by atoms with Crippen LogP contribution < -0.4 is 5.32 Å². The van der Waals surface area contributed by atoms with E-state index in [4.69, 9.17) is 0 Å². The monoisotopic (exact) mass is 304 g/mol. The van der Waals surface area contributed by atoms with Crippen LogP contribution in [0.15, 0.2) is 16.8 Å².